The monoisotopic (exact) mass is 369 g/mol. The number of hydrogen-bond acceptors (Lipinski definition) is 5. The lowest BCUT2D eigenvalue weighted by molar-refractivity contribution is -0.121. The number of benzene rings is 1. The highest BCUT2D eigenvalue weighted by Gasteiger charge is 2.14. The van der Waals surface area contributed by atoms with Crippen molar-refractivity contribution in [1.29, 1.82) is 0 Å². The van der Waals surface area contributed by atoms with E-state index in [1.165, 1.54) is 12.8 Å². The Bertz CT molecular complexity index is 728. The Kier molecular flexibility index (Phi) is 7.04. The molecule has 2 heterocycles. The van der Waals surface area contributed by atoms with Gasteiger partial charge in [0.15, 0.2) is 0 Å². The second-order valence-electron chi connectivity index (χ2n) is 6.79. The average Bonchev–Trinajstić information content (AvgIpc) is 2.72. The van der Waals surface area contributed by atoms with Crippen LogP contribution in [0, 0.1) is 5.92 Å². The molecular weight excluding hydrogens is 342 g/mol. The summed E-state index contributed by atoms with van der Waals surface area (Å²) in [5.41, 5.74) is 0.962. The number of carbonyl (C=O) groups excluding carboxylic acids is 1. The molecule has 0 bridgehead atoms. The van der Waals surface area contributed by atoms with Gasteiger partial charge in [0.2, 0.25) is 11.8 Å². The summed E-state index contributed by atoms with van der Waals surface area (Å²) >= 11 is 0. The summed E-state index contributed by atoms with van der Waals surface area (Å²) in [5, 5.41) is 6.34. The third kappa shape index (κ3) is 6.25. The lowest BCUT2D eigenvalue weighted by Crippen LogP contribution is -2.29. The molecule has 0 radical (unpaired) electrons. The zero-order valence-corrected chi connectivity index (χ0v) is 15.7. The van der Waals surface area contributed by atoms with Gasteiger partial charge in [0.05, 0.1) is 7.11 Å². The molecular formula is C21H27N3O3. The number of pyridine rings is 1. The van der Waals surface area contributed by atoms with E-state index in [-0.39, 0.29) is 5.91 Å². The van der Waals surface area contributed by atoms with Gasteiger partial charge in [-0.2, -0.15) is 0 Å². The quantitative estimate of drug-likeness (QED) is 0.747. The third-order valence-corrected chi connectivity index (χ3v) is 4.81. The zero-order valence-electron chi connectivity index (χ0n) is 15.7. The molecule has 1 aliphatic rings. The highest BCUT2D eigenvalue weighted by Crippen LogP contribution is 2.23. The van der Waals surface area contributed by atoms with Crippen molar-refractivity contribution in [3.8, 4) is 17.4 Å². The fourth-order valence-electron chi connectivity index (χ4n) is 3.18. The van der Waals surface area contributed by atoms with E-state index < -0.39 is 0 Å². The molecule has 3 rings (SSSR count). The summed E-state index contributed by atoms with van der Waals surface area (Å²) in [6, 6.07) is 11.1. The van der Waals surface area contributed by atoms with Gasteiger partial charge in [-0.1, -0.05) is 0 Å². The first kappa shape index (κ1) is 19.2. The summed E-state index contributed by atoms with van der Waals surface area (Å²) in [6.07, 6.45) is 5.59. The maximum Gasteiger partial charge on any atom is 0.220 e. The molecule has 27 heavy (non-hydrogen) atoms. The largest absolute Gasteiger partial charge is 0.497 e. The molecule has 2 N–H and O–H groups in total. The van der Waals surface area contributed by atoms with Crippen LogP contribution in [0.15, 0.2) is 42.6 Å². The predicted octanol–water partition coefficient (Wildman–Crippen LogP) is 3.28. The Morgan fingerprint density at radius 3 is 2.67 bits per heavy atom. The van der Waals surface area contributed by atoms with Crippen LogP contribution in [0.25, 0.3) is 0 Å². The number of carbonyl (C=O) groups is 1. The van der Waals surface area contributed by atoms with Crippen LogP contribution in [-0.4, -0.2) is 31.1 Å². The van der Waals surface area contributed by atoms with Crippen LogP contribution in [0.2, 0.25) is 0 Å². The number of amides is 1. The van der Waals surface area contributed by atoms with E-state index in [2.05, 4.69) is 15.6 Å². The van der Waals surface area contributed by atoms with Crippen molar-refractivity contribution >= 4 is 5.91 Å². The minimum Gasteiger partial charge on any atom is -0.497 e. The van der Waals surface area contributed by atoms with E-state index in [1.807, 2.05) is 36.4 Å². The Morgan fingerprint density at radius 1 is 1.19 bits per heavy atom. The predicted molar refractivity (Wildman–Crippen MR) is 104 cm³/mol. The van der Waals surface area contributed by atoms with E-state index >= 15 is 0 Å². The SMILES string of the molecule is COc1ccc(Oc2cc(CNC(=O)CCC3CCNCC3)ccn2)cc1. The highest BCUT2D eigenvalue weighted by atomic mass is 16.5. The Morgan fingerprint density at radius 2 is 1.93 bits per heavy atom. The van der Waals surface area contributed by atoms with Crippen molar-refractivity contribution in [3.05, 3.63) is 48.2 Å². The molecule has 2 aromatic rings. The van der Waals surface area contributed by atoms with Crippen LogP contribution in [0.3, 0.4) is 0 Å². The number of piperidine rings is 1. The first-order chi connectivity index (χ1) is 13.2. The molecule has 1 aromatic carbocycles. The topological polar surface area (TPSA) is 72.5 Å². The standard InChI is InChI=1S/C21H27N3O3/c1-26-18-3-5-19(6-4-18)27-21-14-17(10-13-23-21)15-24-20(25)7-2-16-8-11-22-12-9-16/h3-6,10,13-14,16,22H,2,7-9,11-12,15H2,1H3,(H,24,25). The van der Waals surface area contributed by atoms with Crippen LogP contribution >= 0.6 is 0 Å². The van der Waals surface area contributed by atoms with E-state index in [1.54, 1.807) is 13.3 Å². The summed E-state index contributed by atoms with van der Waals surface area (Å²) in [4.78, 5) is 16.3. The number of nitrogens with zero attached hydrogens (tertiary/aromatic N) is 1. The van der Waals surface area contributed by atoms with E-state index in [0.29, 0.717) is 30.5 Å². The Balaban J connectivity index is 1.45. The first-order valence-electron chi connectivity index (χ1n) is 9.47. The van der Waals surface area contributed by atoms with Gasteiger partial charge in [0, 0.05) is 25.2 Å². The minimum atomic E-state index is 0.1000. The molecule has 1 fully saturated rings. The van der Waals surface area contributed by atoms with Gasteiger partial charge in [0.1, 0.15) is 11.5 Å². The average molecular weight is 369 g/mol. The molecule has 0 atom stereocenters. The molecule has 0 saturated carbocycles. The molecule has 0 unspecified atom stereocenters. The number of hydrogen-bond donors (Lipinski definition) is 2. The molecule has 6 heteroatoms. The second-order valence-corrected chi connectivity index (χ2v) is 6.79. The molecule has 0 aliphatic carbocycles. The van der Waals surface area contributed by atoms with E-state index in [9.17, 15) is 4.79 Å². The fourth-order valence-corrected chi connectivity index (χ4v) is 3.18. The van der Waals surface area contributed by atoms with Gasteiger partial charge < -0.3 is 20.1 Å². The molecule has 6 nitrogen and oxygen atoms in total. The van der Waals surface area contributed by atoms with Crippen molar-refractivity contribution in [2.75, 3.05) is 20.2 Å². The van der Waals surface area contributed by atoms with Crippen LogP contribution in [0.4, 0.5) is 0 Å². The van der Waals surface area contributed by atoms with Crippen molar-refractivity contribution in [1.82, 2.24) is 15.6 Å². The molecule has 1 saturated heterocycles. The van der Waals surface area contributed by atoms with Gasteiger partial charge in [-0.25, -0.2) is 4.98 Å². The van der Waals surface area contributed by atoms with Crippen molar-refractivity contribution in [2.24, 2.45) is 5.92 Å². The smallest absolute Gasteiger partial charge is 0.220 e. The van der Waals surface area contributed by atoms with Gasteiger partial charge in [0.25, 0.3) is 0 Å². The number of rotatable bonds is 8. The molecule has 144 valence electrons. The van der Waals surface area contributed by atoms with Gasteiger partial charge in [-0.05, 0) is 74.2 Å². The van der Waals surface area contributed by atoms with Crippen molar-refractivity contribution < 1.29 is 14.3 Å². The van der Waals surface area contributed by atoms with Crippen LogP contribution < -0.4 is 20.1 Å². The number of methoxy groups -OCH3 is 1. The van der Waals surface area contributed by atoms with Gasteiger partial charge in [-0.3, -0.25) is 4.79 Å². The van der Waals surface area contributed by atoms with Gasteiger partial charge >= 0.3 is 0 Å². The van der Waals surface area contributed by atoms with E-state index in [0.717, 1.165) is 30.8 Å². The third-order valence-electron chi connectivity index (χ3n) is 4.81. The number of nitrogens with one attached hydrogen (secondary N) is 2. The summed E-state index contributed by atoms with van der Waals surface area (Å²) in [7, 11) is 1.63. The maximum atomic E-state index is 12.1. The fraction of sp³-hybridized carbons (Fsp3) is 0.429. The molecule has 1 aliphatic heterocycles. The second kappa shape index (κ2) is 9.92. The Hall–Kier alpha value is -2.60. The van der Waals surface area contributed by atoms with Crippen molar-refractivity contribution in [3.63, 3.8) is 0 Å². The van der Waals surface area contributed by atoms with E-state index in [4.69, 9.17) is 9.47 Å². The lowest BCUT2D eigenvalue weighted by atomic mass is 9.93. The van der Waals surface area contributed by atoms with Gasteiger partial charge in [-0.15, -0.1) is 0 Å². The Labute approximate surface area is 160 Å². The summed E-state index contributed by atoms with van der Waals surface area (Å²) < 4.78 is 10.9. The summed E-state index contributed by atoms with van der Waals surface area (Å²) in [5.74, 6) is 2.73. The van der Waals surface area contributed by atoms with Crippen LogP contribution in [-0.2, 0) is 11.3 Å². The van der Waals surface area contributed by atoms with Crippen molar-refractivity contribution in [2.45, 2.75) is 32.2 Å². The number of ether oxygens (including phenoxy) is 2. The maximum absolute atomic E-state index is 12.1. The minimum absolute atomic E-state index is 0.1000. The normalized spacial score (nSPS) is 14.6. The number of aromatic nitrogens is 1. The summed E-state index contributed by atoms with van der Waals surface area (Å²) in [6.45, 7) is 2.62. The van der Waals surface area contributed by atoms with Crippen LogP contribution in [0.5, 0.6) is 17.4 Å². The van der Waals surface area contributed by atoms with Crippen LogP contribution in [0.1, 0.15) is 31.2 Å². The lowest BCUT2D eigenvalue weighted by Gasteiger charge is -2.22. The molecule has 1 amide bonds. The highest BCUT2D eigenvalue weighted by molar-refractivity contribution is 5.75. The molecule has 0 spiro atoms. The first-order valence-corrected chi connectivity index (χ1v) is 9.47. The molecule has 1 aromatic heterocycles. The zero-order chi connectivity index (χ0) is 18.9.